The van der Waals surface area contributed by atoms with E-state index in [-0.39, 0.29) is 5.91 Å². The van der Waals surface area contributed by atoms with Crippen LogP contribution in [0.15, 0.2) is 12.1 Å². The van der Waals surface area contributed by atoms with Gasteiger partial charge in [0, 0.05) is 11.5 Å². The Morgan fingerprint density at radius 2 is 1.80 bits per heavy atom. The molecule has 4 heteroatoms. The molecule has 1 N–H and O–H groups in total. The third-order valence-electron chi connectivity index (χ3n) is 3.90. The molecule has 1 aliphatic rings. The quantitative estimate of drug-likeness (QED) is 0.869. The van der Waals surface area contributed by atoms with E-state index in [4.69, 9.17) is 0 Å². The summed E-state index contributed by atoms with van der Waals surface area (Å²) >= 11 is 0. The van der Waals surface area contributed by atoms with E-state index >= 15 is 0 Å². The number of carbonyl (C=O) groups excluding carboxylic acids is 1. The van der Waals surface area contributed by atoms with Gasteiger partial charge in [0.05, 0.1) is 6.42 Å². The lowest BCUT2D eigenvalue weighted by molar-refractivity contribution is -0.118. The van der Waals surface area contributed by atoms with Crippen molar-refractivity contribution in [1.29, 1.82) is 5.26 Å². The number of thiocyanates is 1. The molecule has 0 radical (unpaired) electrons. The zero-order valence-electron chi connectivity index (χ0n) is 12.5. The van der Waals surface area contributed by atoms with Gasteiger partial charge in [-0.15, -0.1) is 0 Å². The average Bonchev–Trinajstić information content (AvgIpc) is 2.83. The van der Waals surface area contributed by atoms with Gasteiger partial charge in [-0.05, 0) is 50.3 Å². The van der Waals surface area contributed by atoms with Gasteiger partial charge in [0.2, 0.25) is 5.91 Å². The first-order valence-electron chi connectivity index (χ1n) is 7.03. The first-order chi connectivity index (χ1) is 9.46. The molecule has 0 atom stereocenters. The number of nitrogens with one attached hydrogen (secondary N) is 1. The molecule has 0 aliphatic carbocycles. The number of nitrogens with zero attached hydrogens (tertiary/aromatic N) is 1. The number of amides is 1. The van der Waals surface area contributed by atoms with Crippen LogP contribution >= 0.6 is 10.2 Å². The number of hydrogen-bond donors (Lipinski definition) is 1. The van der Waals surface area contributed by atoms with Gasteiger partial charge in [-0.1, -0.05) is 27.9 Å². The van der Waals surface area contributed by atoms with Crippen molar-refractivity contribution in [1.82, 2.24) is 4.72 Å². The molecule has 0 saturated carbocycles. The summed E-state index contributed by atoms with van der Waals surface area (Å²) in [4.78, 5) is 12.3. The summed E-state index contributed by atoms with van der Waals surface area (Å²) in [5, 5.41) is 11.7. The van der Waals surface area contributed by atoms with E-state index in [2.05, 4.69) is 29.2 Å². The van der Waals surface area contributed by atoms with Crippen molar-refractivity contribution < 1.29 is 4.79 Å². The minimum absolute atomic E-state index is 0.00139. The third-order valence-corrected chi connectivity index (χ3v) is 6.84. The molecular weight excluding hydrogens is 268 g/mol. The Bertz CT molecular complexity index is 545. The summed E-state index contributed by atoms with van der Waals surface area (Å²) in [6, 6.07) is 4.22. The molecule has 0 unspecified atom stereocenters. The highest BCUT2D eigenvalue weighted by Gasteiger charge is 2.30. The lowest BCUT2D eigenvalue weighted by atomic mass is 9.97. The molecule has 1 aromatic rings. The zero-order valence-corrected chi connectivity index (χ0v) is 13.3. The van der Waals surface area contributed by atoms with Crippen molar-refractivity contribution in [3.05, 3.63) is 34.4 Å². The Kier molecular flexibility index (Phi) is 4.39. The lowest BCUT2D eigenvalue weighted by Gasteiger charge is -2.28. The summed E-state index contributed by atoms with van der Waals surface area (Å²) < 4.78 is 3.04. The van der Waals surface area contributed by atoms with E-state index in [1.54, 1.807) is 0 Å². The molecule has 1 aliphatic heterocycles. The van der Waals surface area contributed by atoms with Gasteiger partial charge in [-0.3, -0.25) is 4.79 Å². The van der Waals surface area contributed by atoms with E-state index in [1.807, 2.05) is 13.8 Å². The van der Waals surface area contributed by atoms with Gasteiger partial charge in [-0.25, -0.2) is 0 Å². The fraction of sp³-hybridized carbons (Fsp3) is 0.500. The molecule has 1 heterocycles. The number of aryl methyl sites for hydroxylation is 3. The Labute approximate surface area is 122 Å². The maximum Gasteiger partial charge on any atom is 0.233 e. The minimum Gasteiger partial charge on any atom is -0.306 e. The van der Waals surface area contributed by atoms with Crippen molar-refractivity contribution in [3.63, 3.8) is 0 Å². The smallest absolute Gasteiger partial charge is 0.233 e. The van der Waals surface area contributed by atoms with E-state index in [0.29, 0.717) is 6.42 Å². The van der Waals surface area contributed by atoms with E-state index in [1.165, 1.54) is 5.56 Å². The number of benzene rings is 1. The Balaban J connectivity index is 2.11. The summed E-state index contributed by atoms with van der Waals surface area (Å²) in [6.45, 7) is 6.16. The molecule has 0 aromatic heterocycles. The monoisotopic (exact) mass is 290 g/mol. The topological polar surface area (TPSA) is 52.9 Å². The van der Waals surface area contributed by atoms with Crippen LogP contribution in [0.25, 0.3) is 0 Å². The van der Waals surface area contributed by atoms with E-state index < -0.39 is 10.2 Å². The van der Waals surface area contributed by atoms with Gasteiger partial charge in [0.25, 0.3) is 0 Å². The fourth-order valence-electron chi connectivity index (χ4n) is 2.92. The number of carbonyl (C=O) groups is 1. The number of nitriles is 1. The largest absolute Gasteiger partial charge is 0.306 e. The second kappa shape index (κ2) is 5.88. The molecule has 1 amide bonds. The van der Waals surface area contributed by atoms with Crippen LogP contribution in [0.1, 0.15) is 35.1 Å². The molecular formula is C16H22N2OS. The summed E-state index contributed by atoms with van der Waals surface area (Å²) in [7, 11) is -1.55. The Hall–Kier alpha value is -1.47. The molecule has 1 saturated heterocycles. The van der Waals surface area contributed by atoms with Gasteiger partial charge in [0.15, 0.2) is 0 Å². The summed E-state index contributed by atoms with van der Waals surface area (Å²) in [5.74, 6) is 1.72. The second-order valence-corrected chi connectivity index (χ2v) is 8.64. The Morgan fingerprint density at radius 3 is 2.30 bits per heavy atom. The molecule has 2 rings (SSSR count). The molecule has 0 spiro atoms. The van der Waals surface area contributed by atoms with Crippen LogP contribution in [0.4, 0.5) is 0 Å². The lowest BCUT2D eigenvalue weighted by Crippen LogP contribution is -2.29. The molecule has 1 aromatic carbocycles. The first kappa shape index (κ1) is 14.9. The minimum atomic E-state index is -1.55. The van der Waals surface area contributed by atoms with E-state index in [9.17, 15) is 10.1 Å². The van der Waals surface area contributed by atoms with Crippen molar-refractivity contribution >= 4 is 16.1 Å². The van der Waals surface area contributed by atoms with Crippen molar-refractivity contribution in [3.8, 4) is 5.40 Å². The zero-order chi connectivity index (χ0) is 14.8. The maximum atomic E-state index is 12.3. The molecule has 20 heavy (non-hydrogen) atoms. The molecule has 1 fully saturated rings. The highest BCUT2D eigenvalue weighted by molar-refractivity contribution is 8.36. The normalized spacial score (nSPS) is 18.3. The van der Waals surface area contributed by atoms with Crippen LogP contribution < -0.4 is 4.72 Å². The van der Waals surface area contributed by atoms with Crippen molar-refractivity contribution in [2.45, 2.75) is 40.0 Å². The summed E-state index contributed by atoms with van der Waals surface area (Å²) in [5.41, 5.74) is 4.63. The first-order valence-corrected chi connectivity index (χ1v) is 9.00. The predicted molar refractivity (Wildman–Crippen MR) is 84.7 cm³/mol. The molecule has 0 bridgehead atoms. The molecule has 3 nitrogen and oxygen atoms in total. The fourth-order valence-corrected chi connectivity index (χ4v) is 5.46. The van der Waals surface area contributed by atoms with E-state index in [0.717, 1.165) is 41.0 Å². The third kappa shape index (κ3) is 3.16. The van der Waals surface area contributed by atoms with Crippen LogP contribution in [-0.4, -0.2) is 17.4 Å². The average molecular weight is 290 g/mol. The van der Waals surface area contributed by atoms with Gasteiger partial charge >= 0.3 is 0 Å². The molecule has 108 valence electrons. The standard InChI is InChI=1S/C16H22N2OS/c1-12-8-13(2)15(14(3)9-12)10-16(19)18-20(11-17)6-4-5-7-20/h8-9H,4-7,10H2,1-3H3,(H,18,19). The predicted octanol–water partition coefficient (Wildman–Crippen LogP) is 3.27. The number of rotatable bonds is 3. The van der Waals surface area contributed by atoms with Gasteiger partial charge in [0.1, 0.15) is 5.40 Å². The van der Waals surface area contributed by atoms with Crippen LogP contribution in [0.2, 0.25) is 0 Å². The van der Waals surface area contributed by atoms with Crippen LogP contribution in [0.3, 0.4) is 0 Å². The van der Waals surface area contributed by atoms with Gasteiger partial charge < -0.3 is 4.72 Å². The van der Waals surface area contributed by atoms with Crippen LogP contribution in [0, 0.1) is 31.4 Å². The second-order valence-electron chi connectivity index (χ2n) is 5.67. The summed E-state index contributed by atoms with van der Waals surface area (Å²) in [6.07, 6.45) is 2.51. The maximum absolute atomic E-state index is 12.3. The van der Waals surface area contributed by atoms with Gasteiger partial charge in [-0.2, -0.15) is 5.26 Å². The SMILES string of the molecule is Cc1cc(C)c(CC(=O)NS2(C#N)CCCC2)c(C)c1. The van der Waals surface area contributed by atoms with Crippen molar-refractivity contribution in [2.24, 2.45) is 0 Å². The van der Waals surface area contributed by atoms with Crippen LogP contribution in [0.5, 0.6) is 0 Å². The van der Waals surface area contributed by atoms with Crippen LogP contribution in [-0.2, 0) is 11.2 Å². The highest BCUT2D eigenvalue weighted by atomic mass is 32.3. The van der Waals surface area contributed by atoms with Crippen molar-refractivity contribution in [2.75, 3.05) is 11.5 Å². The number of hydrogen-bond acceptors (Lipinski definition) is 2. The Morgan fingerprint density at radius 1 is 1.25 bits per heavy atom. The highest BCUT2D eigenvalue weighted by Crippen LogP contribution is 2.48.